The molecule has 1 unspecified atom stereocenters. The van der Waals surface area contributed by atoms with Crippen LogP contribution < -0.4 is 0 Å². The number of halogens is 2. The predicted molar refractivity (Wildman–Crippen MR) is 96.0 cm³/mol. The SMILES string of the molecule is CCCCCCCCCCCC(F)C=CC(F)=CC=CC=CO. The van der Waals surface area contributed by atoms with Crippen molar-refractivity contribution in [1.29, 1.82) is 0 Å². The van der Waals surface area contributed by atoms with E-state index in [0.29, 0.717) is 6.42 Å². The van der Waals surface area contributed by atoms with Crippen LogP contribution in [-0.2, 0) is 0 Å². The largest absolute Gasteiger partial charge is 0.516 e. The van der Waals surface area contributed by atoms with Crippen molar-refractivity contribution in [3.63, 3.8) is 0 Å². The molecule has 3 heteroatoms. The minimum atomic E-state index is -1.08. The first kappa shape index (κ1) is 21.6. The fourth-order valence-corrected chi connectivity index (χ4v) is 2.26. The third-order valence-electron chi connectivity index (χ3n) is 3.61. The number of unbranched alkanes of at least 4 members (excludes halogenated alkanes) is 8. The Morgan fingerprint density at radius 2 is 1.52 bits per heavy atom. The molecule has 1 nitrogen and oxygen atoms in total. The highest BCUT2D eigenvalue weighted by molar-refractivity contribution is 5.20. The van der Waals surface area contributed by atoms with Crippen LogP contribution in [0.2, 0.25) is 0 Å². The van der Waals surface area contributed by atoms with Gasteiger partial charge in [0, 0.05) is 0 Å². The monoisotopic (exact) mass is 326 g/mol. The van der Waals surface area contributed by atoms with Crippen LogP contribution >= 0.6 is 0 Å². The molecule has 0 amide bonds. The number of aliphatic hydroxyl groups excluding tert-OH is 1. The highest BCUT2D eigenvalue weighted by Crippen LogP contribution is 2.13. The second-order valence-corrected chi connectivity index (χ2v) is 5.77. The molecule has 0 fully saturated rings. The van der Waals surface area contributed by atoms with E-state index in [1.54, 1.807) is 0 Å². The van der Waals surface area contributed by atoms with Gasteiger partial charge in [0.25, 0.3) is 0 Å². The van der Waals surface area contributed by atoms with Gasteiger partial charge in [0.1, 0.15) is 12.0 Å². The molecule has 0 aliphatic carbocycles. The topological polar surface area (TPSA) is 20.2 Å². The van der Waals surface area contributed by atoms with Crippen molar-refractivity contribution in [1.82, 2.24) is 0 Å². The van der Waals surface area contributed by atoms with Gasteiger partial charge in [-0.3, -0.25) is 0 Å². The Kier molecular flexibility index (Phi) is 16.0. The zero-order valence-corrected chi connectivity index (χ0v) is 14.4. The van der Waals surface area contributed by atoms with Crippen molar-refractivity contribution >= 4 is 0 Å². The molecule has 0 aromatic carbocycles. The number of hydrogen-bond donors (Lipinski definition) is 1. The Morgan fingerprint density at radius 1 is 0.913 bits per heavy atom. The maximum absolute atomic E-state index is 13.6. The molecule has 0 bridgehead atoms. The molecule has 0 aromatic rings. The quantitative estimate of drug-likeness (QED) is 0.202. The summed E-state index contributed by atoms with van der Waals surface area (Å²) in [6.07, 6.45) is 19.0. The van der Waals surface area contributed by atoms with E-state index in [2.05, 4.69) is 6.92 Å². The summed E-state index contributed by atoms with van der Waals surface area (Å²) in [5.41, 5.74) is 0. The lowest BCUT2D eigenvalue weighted by atomic mass is 10.1. The van der Waals surface area contributed by atoms with E-state index >= 15 is 0 Å². The predicted octanol–water partition coefficient (Wildman–Crippen LogP) is 7.28. The van der Waals surface area contributed by atoms with Crippen LogP contribution in [-0.4, -0.2) is 11.3 Å². The van der Waals surface area contributed by atoms with Gasteiger partial charge >= 0.3 is 0 Å². The highest BCUT2D eigenvalue weighted by Gasteiger charge is 2.01. The molecule has 0 aliphatic heterocycles. The lowest BCUT2D eigenvalue weighted by Gasteiger charge is -2.03. The molecule has 0 saturated carbocycles. The molecule has 0 aliphatic rings. The molecule has 0 saturated heterocycles. The number of rotatable bonds is 14. The third-order valence-corrected chi connectivity index (χ3v) is 3.61. The Morgan fingerprint density at radius 3 is 2.13 bits per heavy atom. The van der Waals surface area contributed by atoms with E-state index in [-0.39, 0.29) is 0 Å². The molecule has 23 heavy (non-hydrogen) atoms. The lowest BCUT2D eigenvalue weighted by molar-refractivity contribution is 0.363. The third kappa shape index (κ3) is 16.8. The average Bonchev–Trinajstić information content (AvgIpc) is 2.55. The van der Waals surface area contributed by atoms with Gasteiger partial charge in [-0.25, -0.2) is 8.78 Å². The second kappa shape index (κ2) is 17.0. The summed E-state index contributed by atoms with van der Waals surface area (Å²) in [6, 6.07) is 0. The van der Waals surface area contributed by atoms with Crippen LogP contribution in [0.1, 0.15) is 71.1 Å². The van der Waals surface area contributed by atoms with Gasteiger partial charge in [-0.15, -0.1) is 0 Å². The van der Waals surface area contributed by atoms with Gasteiger partial charge in [-0.2, -0.15) is 0 Å². The number of hydrogen-bond acceptors (Lipinski definition) is 1. The first-order chi connectivity index (χ1) is 11.2. The number of alkyl halides is 1. The zero-order chi connectivity index (χ0) is 17.2. The summed E-state index contributed by atoms with van der Waals surface area (Å²) < 4.78 is 26.9. The minimum Gasteiger partial charge on any atom is -0.516 e. The number of allylic oxidation sites excluding steroid dienone is 7. The smallest absolute Gasteiger partial charge is 0.122 e. The fourth-order valence-electron chi connectivity index (χ4n) is 2.26. The van der Waals surface area contributed by atoms with E-state index in [9.17, 15) is 8.78 Å². The first-order valence-electron chi connectivity index (χ1n) is 8.86. The summed E-state index contributed by atoms with van der Waals surface area (Å²) in [4.78, 5) is 0. The van der Waals surface area contributed by atoms with Crippen molar-refractivity contribution in [2.45, 2.75) is 77.3 Å². The Bertz CT molecular complexity index is 370. The Balaban J connectivity index is 3.62. The van der Waals surface area contributed by atoms with E-state index in [4.69, 9.17) is 5.11 Å². The van der Waals surface area contributed by atoms with Crippen LogP contribution in [0.3, 0.4) is 0 Å². The molecule has 0 heterocycles. The molecule has 1 N–H and O–H groups in total. The van der Waals surface area contributed by atoms with Crippen molar-refractivity contribution < 1.29 is 13.9 Å². The summed E-state index contributed by atoms with van der Waals surface area (Å²) in [5.74, 6) is -0.498. The molecule has 0 radical (unpaired) electrons. The summed E-state index contributed by atoms with van der Waals surface area (Å²) in [6.45, 7) is 2.22. The van der Waals surface area contributed by atoms with Crippen LogP contribution in [0.25, 0.3) is 0 Å². The standard InChI is InChI=1S/C20H32F2O/c1-2-3-4-5-6-7-8-9-11-14-19(21)16-17-20(22)15-12-10-13-18-23/h10,12-13,15-19,23H,2-9,11,14H2,1H3. The Labute approximate surface area is 140 Å². The van der Waals surface area contributed by atoms with Crippen molar-refractivity contribution in [3.8, 4) is 0 Å². The van der Waals surface area contributed by atoms with Gasteiger partial charge in [0.05, 0.1) is 6.26 Å². The summed E-state index contributed by atoms with van der Waals surface area (Å²) in [5, 5.41) is 8.38. The molecule has 0 rings (SSSR count). The van der Waals surface area contributed by atoms with Crippen molar-refractivity contribution in [3.05, 3.63) is 48.5 Å². The zero-order valence-electron chi connectivity index (χ0n) is 14.4. The van der Waals surface area contributed by atoms with Crippen LogP contribution in [0, 0.1) is 0 Å². The Hall–Kier alpha value is -1.38. The van der Waals surface area contributed by atoms with Crippen LogP contribution in [0.15, 0.2) is 48.5 Å². The van der Waals surface area contributed by atoms with E-state index in [1.807, 2.05) is 0 Å². The highest BCUT2D eigenvalue weighted by atomic mass is 19.1. The van der Waals surface area contributed by atoms with Crippen LogP contribution in [0.4, 0.5) is 8.78 Å². The van der Waals surface area contributed by atoms with E-state index in [0.717, 1.165) is 25.2 Å². The molecular weight excluding hydrogens is 294 g/mol. The first-order valence-corrected chi connectivity index (χ1v) is 8.86. The average molecular weight is 326 g/mol. The van der Waals surface area contributed by atoms with Gasteiger partial charge < -0.3 is 5.11 Å². The van der Waals surface area contributed by atoms with Crippen LogP contribution in [0.5, 0.6) is 0 Å². The minimum absolute atomic E-state index is 0.461. The molecule has 0 spiro atoms. The fraction of sp³-hybridized carbons (Fsp3) is 0.600. The normalized spacial score (nSPS) is 14.5. The molecule has 132 valence electrons. The maximum atomic E-state index is 13.6. The molecular formula is C20H32F2O. The van der Waals surface area contributed by atoms with Crippen molar-refractivity contribution in [2.75, 3.05) is 0 Å². The summed E-state index contributed by atoms with van der Waals surface area (Å²) >= 11 is 0. The molecule has 0 aromatic heterocycles. The van der Waals surface area contributed by atoms with E-state index in [1.165, 1.54) is 75.3 Å². The summed E-state index contributed by atoms with van der Waals surface area (Å²) in [7, 11) is 0. The van der Waals surface area contributed by atoms with Gasteiger partial charge in [0.2, 0.25) is 0 Å². The number of aliphatic hydroxyl groups is 1. The second-order valence-electron chi connectivity index (χ2n) is 5.77. The van der Waals surface area contributed by atoms with E-state index < -0.39 is 12.0 Å². The van der Waals surface area contributed by atoms with Gasteiger partial charge in [0.15, 0.2) is 0 Å². The van der Waals surface area contributed by atoms with Gasteiger partial charge in [-0.1, -0.05) is 76.9 Å². The lowest BCUT2D eigenvalue weighted by Crippen LogP contribution is -1.94. The van der Waals surface area contributed by atoms with Crippen molar-refractivity contribution in [2.24, 2.45) is 0 Å². The van der Waals surface area contributed by atoms with Gasteiger partial charge in [-0.05, 0) is 30.7 Å². The molecule has 1 atom stereocenters. The maximum Gasteiger partial charge on any atom is 0.122 e.